The molecule has 2 amide bonds. The maximum absolute atomic E-state index is 12.4. The minimum absolute atomic E-state index is 0.341. The standard InChI is InChI=1S/C21H26N6O3S/c1-15-6-7-17(13-22-15)24-21(28)25-19-5-3-4-16-12-18(23-20(16)19)14-26-8-10-27(11-9-26)31(2,29)30/h3-7,12-13,23H,8-11,14H2,1-2H3,(H2,24,25,28). The Bertz CT molecular complexity index is 1180. The van der Waals surface area contributed by atoms with Crippen molar-refractivity contribution in [2.45, 2.75) is 13.5 Å². The predicted molar refractivity (Wildman–Crippen MR) is 122 cm³/mol. The molecule has 0 radical (unpaired) electrons. The van der Waals surface area contributed by atoms with Gasteiger partial charge in [0.25, 0.3) is 0 Å². The molecule has 1 fully saturated rings. The van der Waals surface area contributed by atoms with Crippen LogP contribution in [0.1, 0.15) is 11.4 Å². The molecule has 0 aliphatic carbocycles. The lowest BCUT2D eigenvalue weighted by Crippen LogP contribution is -2.47. The van der Waals surface area contributed by atoms with Gasteiger partial charge in [-0.1, -0.05) is 12.1 Å². The van der Waals surface area contributed by atoms with Crippen LogP contribution in [0.5, 0.6) is 0 Å². The molecule has 3 aromatic rings. The maximum Gasteiger partial charge on any atom is 0.323 e. The molecule has 0 saturated carbocycles. The Balaban J connectivity index is 1.42. The lowest BCUT2D eigenvalue weighted by Gasteiger charge is -2.32. The van der Waals surface area contributed by atoms with E-state index in [1.165, 1.54) is 10.6 Å². The molecule has 10 heteroatoms. The lowest BCUT2D eigenvalue weighted by molar-refractivity contribution is 0.181. The summed E-state index contributed by atoms with van der Waals surface area (Å²) >= 11 is 0. The van der Waals surface area contributed by atoms with Crippen LogP contribution in [-0.2, 0) is 16.6 Å². The van der Waals surface area contributed by atoms with Gasteiger partial charge in [0.2, 0.25) is 10.0 Å². The number of urea groups is 1. The van der Waals surface area contributed by atoms with Gasteiger partial charge in [0.15, 0.2) is 0 Å². The second-order valence-electron chi connectivity index (χ2n) is 7.77. The first kappa shape index (κ1) is 21.3. The highest BCUT2D eigenvalue weighted by atomic mass is 32.2. The van der Waals surface area contributed by atoms with E-state index in [0.29, 0.717) is 44.1 Å². The number of benzene rings is 1. The number of hydrogen-bond donors (Lipinski definition) is 3. The van der Waals surface area contributed by atoms with Gasteiger partial charge in [-0.25, -0.2) is 13.2 Å². The third kappa shape index (κ3) is 5.22. The van der Waals surface area contributed by atoms with E-state index in [1.54, 1.807) is 12.3 Å². The molecule has 1 aliphatic rings. The number of carbonyl (C=O) groups excluding carboxylic acids is 1. The second kappa shape index (κ2) is 8.66. The molecule has 164 valence electrons. The summed E-state index contributed by atoms with van der Waals surface area (Å²) in [6.07, 6.45) is 2.87. The van der Waals surface area contributed by atoms with E-state index in [4.69, 9.17) is 0 Å². The first-order chi connectivity index (χ1) is 14.8. The number of nitrogens with zero attached hydrogens (tertiary/aromatic N) is 3. The molecule has 4 rings (SSSR count). The van der Waals surface area contributed by atoms with E-state index in [1.807, 2.05) is 31.2 Å². The van der Waals surface area contributed by atoms with Crippen molar-refractivity contribution in [3.63, 3.8) is 0 Å². The van der Waals surface area contributed by atoms with E-state index in [9.17, 15) is 13.2 Å². The van der Waals surface area contributed by atoms with Crippen LogP contribution >= 0.6 is 0 Å². The Labute approximate surface area is 181 Å². The zero-order valence-corrected chi connectivity index (χ0v) is 18.4. The fraction of sp³-hybridized carbons (Fsp3) is 0.333. The smallest absolute Gasteiger partial charge is 0.323 e. The Morgan fingerprint density at radius 3 is 2.58 bits per heavy atom. The van der Waals surface area contributed by atoms with Crippen LogP contribution in [0.3, 0.4) is 0 Å². The Kier molecular flexibility index (Phi) is 5.94. The zero-order chi connectivity index (χ0) is 22.0. The van der Waals surface area contributed by atoms with Gasteiger partial charge in [0.1, 0.15) is 0 Å². The van der Waals surface area contributed by atoms with Crippen molar-refractivity contribution in [2.75, 3.05) is 43.1 Å². The molecule has 3 heterocycles. The largest absolute Gasteiger partial charge is 0.356 e. The van der Waals surface area contributed by atoms with Crippen molar-refractivity contribution in [3.8, 4) is 0 Å². The number of aryl methyl sites for hydroxylation is 1. The lowest BCUT2D eigenvalue weighted by atomic mass is 10.2. The topological polar surface area (TPSA) is 110 Å². The predicted octanol–water partition coefficient (Wildman–Crippen LogP) is 2.59. The van der Waals surface area contributed by atoms with E-state index in [0.717, 1.165) is 22.3 Å². The summed E-state index contributed by atoms with van der Waals surface area (Å²) in [4.78, 5) is 22.2. The van der Waals surface area contributed by atoms with Crippen LogP contribution in [-0.4, -0.2) is 66.1 Å². The number of H-pyrrole nitrogens is 1. The number of fused-ring (bicyclic) bond motifs is 1. The number of nitrogens with one attached hydrogen (secondary N) is 3. The number of pyridine rings is 1. The van der Waals surface area contributed by atoms with Crippen molar-refractivity contribution in [3.05, 3.63) is 54.0 Å². The van der Waals surface area contributed by atoms with Crippen LogP contribution < -0.4 is 10.6 Å². The molecule has 1 aromatic carbocycles. The van der Waals surface area contributed by atoms with Gasteiger partial charge >= 0.3 is 6.03 Å². The average molecular weight is 443 g/mol. The van der Waals surface area contributed by atoms with E-state index >= 15 is 0 Å². The van der Waals surface area contributed by atoms with Gasteiger partial charge in [-0.15, -0.1) is 0 Å². The summed E-state index contributed by atoms with van der Waals surface area (Å²) in [6, 6.07) is 11.1. The number of anilines is 2. The molecule has 9 nitrogen and oxygen atoms in total. The summed E-state index contributed by atoms with van der Waals surface area (Å²) in [7, 11) is -3.14. The number of amides is 2. The molecular formula is C21H26N6O3S. The Morgan fingerprint density at radius 1 is 1.13 bits per heavy atom. The second-order valence-corrected chi connectivity index (χ2v) is 9.75. The molecule has 1 saturated heterocycles. The van der Waals surface area contributed by atoms with Crippen LogP contribution in [0.4, 0.5) is 16.2 Å². The molecule has 0 unspecified atom stereocenters. The van der Waals surface area contributed by atoms with Gasteiger partial charge in [-0.05, 0) is 31.2 Å². The molecule has 0 bridgehead atoms. The first-order valence-corrected chi connectivity index (χ1v) is 11.9. The maximum atomic E-state index is 12.4. The van der Waals surface area contributed by atoms with Gasteiger partial charge in [0, 0.05) is 49.5 Å². The number of hydrogen-bond acceptors (Lipinski definition) is 5. The van der Waals surface area contributed by atoms with Crippen molar-refractivity contribution >= 4 is 38.3 Å². The normalized spacial score (nSPS) is 15.8. The third-order valence-corrected chi connectivity index (χ3v) is 6.63. The number of aromatic nitrogens is 2. The van der Waals surface area contributed by atoms with Crippen LogP contribution in [0.25, 0.3) is 10.9 Å². The zero-order valence-electron chi connectivity index (χ0n) is 17.6. The summed E-state index contributed by atoms with van der Waals surface area (Å²) in [5.41, 5.74) is 4.05. The van der Waals surface area contributed by atoms with E-state index < -0.39 is 10.0 Å². The molecule has 0 spiro atoms. The number of para-hydroxylation sites is 1. The van der Waals surface area contributed by atoms with Gasteiger partial charge < -0.3 is 15.6 Å². The Morgan fingerprint density at radius 2 is 1.90 bits per heavy atom. The summed E-state index contributed by atoms with van der Waals surface area (Å²) in [6.45, 7) is 4.94. The van der Waals surface area contributed by atoms with Crippen molar-refractivity contribution in [1.82, 2.24) is 19.2 Å². The first-order valence-electron chi connectivity index (χ1n) is 10.1. The minimum atomic E-state index is -3.14. The quantitative estimate of drug-likeness (QED) is 0.563. The number of rotatable bonds is 5. The highest BCUT2D eigenvalue weighted by Gasteiger charge is 2.23. The number of aromatic amines is 1. The SMILES string of the molecule is Cc1ccc(NC(=O)Nc2cccc3cc(CN4CCN(S(C)(=O)=O)CC4)[nH]c23)cn1. The summed E-state index contributed by atoms with van der Waals surface area (Å²) in [5, 5.41) is 6.67. The molecular weight excluding hydrogens is 416 g/mol. The highest BCUT2D eigenvalue weighted by Crippen LogP contribution is 2.25. The fourth-order valence-corrected chi connectivity index (χ4v) is 4.52. The minimum Gasteiger partial charge on any atom is -0.356 e. The summed E-state index contributed by atoms with van der Waals surface area (Å²) < 4.78 is 24.9. The fourth-order valence-electron chi connectivity index (χ4n) is 3.69. The molecule has 3 N–H and O–H groups in total. The molecule has 1 aliphatic heterocycles. The van der Waals surface area contributed by atoms with Crippen molar-refractivity contribution < 1.29 is 13.2 Å². The van der Waals surface area contributed by atoms with Gasteiger partial charge in [-0.2, -0.15) is 4.31 Å². The van der Waals surface area contributed by atoms with Gasteiger partial charge in [0.05, 0.1) is 29.3 Å². The number of piperazine rings is 1. The number of sulfonamides is 1. The van der Waals surface area contributed by atoms with Crippen LogP contribution in [0.15, 0.2) is 42.6 Å². The van der Waals surface area contributed by atoms with Gasteiger partial charge in [-0.3, -0.25) is 9.88 Å². The van der Waals surface area contributed by atoms with E-state index in [-0.39, 0.29) is 6.03 Å². The monoisotopic (exact) mass is 442 g/mol. The molecule has 31 heavy (non-hydrogen) atoms. The van der Waals surface area contributed by atoms with Crippen LogP contribution in [0, 0.1) is 6.92 Å². The summed E-state index contributed by atoms with van der Waals surface area (Å²) in [5.74, 6) is 0. The highest BCUT2D eigenvalue weighted by molar-refractivity contribution is 7.88. The van der Waals surface area contributed by atoms with Crippen LogP contribution in [0.2, 0.25) is 0 Å². The average Bonchev–Trinajstić information content (AvgIpc) is 3.13. The molecule has 2 aromatic heterocycles. The Hall–Kier alpha value is -2.95. The third-order valence-electron chi connectivity index (χ3n) is 5.32. The van der Waals surface area contributed by atoms with E-state index in [2.05, 4.69) is 31.6 Å². The van der Waals surface area contributed by atoms with Crippen molar-refractivity contribution in [1.29, 1.82) is 0 Å². The molecule has 0 atom stereocenters. The van der Waals surface area contributed by atoms with Crippen molar-refractivity contribution in [2.24, 2.45) is 0 Å². The number of carbonyl (C=O) groups is 1.